The van der Waals surface area contributed by atoms with Crippen LogP contribution in [0, 0.1) is 4.91 Å². The Morgan fingerprint density at radius 1 is 1.56 bits per heavy atom. The summed E-state index contributed by atoms with van der Waals surface area (Å²) >= 11 is 0. The van der Waals surface area contributed by atoms with Gasteiger partial charge in [-0.05, 0) is 22.9 Å². The van der Waals surface area contributed by atoms with E-state index in [9.17, 15) is 9.70 Å². The Hall–Kier alpha value is -2.28. The molecule has 0 amide bonds. The SMILES string of the molecule is O=Nc1c(C(=O)O)nc2cc(CO)ccn12. The van der Waals surface area contributed by atoms with Gasteiger partial charge in [0.05, 0.1) is 6.61 Å². The highest BCUT2D eigenvalue weighted by atomic mass is 16.4. The van der Waals surface area contributed by atoms with Crippen LogP contribution >= 0.6 is 0 Å². The summed E-state index contributed by atoms with van der Waals surface area (Å²) in [6.45, 7) is -0.185. The molecule has 2 heterocycles. The standard InChI is InChI=1S/C9H7N3O4/c13-4-5-1-2-12-6(3-5)10-7(9(14)15)8(12)11-16/h1-3,13H,4H2,(H,14,15). The molecule has 0 aliphatic rings. The van der Waals surface area contributed by atoms with E-state index >= 15 is 0 Å². The molecule has 0 aromatic carbocycles. The van der Waals surface area contributed by atoms with Crippen molar-refractivity contribution in [2.24, 2.45) is 5.18 Å². The van der Waals surface area contributed by atoms with Gasteiger partial charge in [0.15, 0.2) is 5.69 Å². The second-order valence-electron chi connectivity index (χ2n) is 3.10. The van der Waals surface area contributed by atoms with Crippen molar-refractivity contribution >= 4 is 17.4 Å². The maximum atomic E-state index is 10.8. The van der Waals surface area contributed by atoms with Gasteiger partial charge >= 0.3 is 5.97 Å². The quantitative estimate of drug-likeness (QED) is 0.750. The molecule has 0 saturated heterocycles. The summed E-state index contributed by atoms with van der Waals surface area (Å²) in [5.41, 5.74) is 0.440. The molecule has 2 aromatic rings. The first kappa shape index (κ1) is 10.2. The van der Waals surface area contributed by atoms with Gasteiger partial charge in [0, 0.05) is 6.20 Å². The lowest BCUT2D eigenvalue weighted by Crippen LogP contribution is -1.96. The number of pyridine rings is 1. The number of aliphatic hydroxyl groups excluding tert-OH is 1. The molecule has 16 heavy (non-hydrogen) atoms. The summed E-state index contributed by atoms with van der Waals surface area (Å²) in [4.78, 5) is 25.1. The number of imidazole rings is 1. The Morgan fingerprint density at radius 2 is 2.31 bits per heavy atom. The van der Waals surface area contributed by atoms with E-state index in [4.69, 9.17) is 10.2 Å². The van der Waals surface area contributed by atoms with Crippen molar-refractivity contribution in [3.05, 3.63) is 34.5 Å². The number of rotatable bonds is 3. The average molecular weight is 221 g/mol. The number of aliphatic hydroxyl groups is 1. The normalized spacial score (nSPS) is 10.6. The number of aromatic carboxylic acids is 1. The summed E-state index contributed by atoms with van der Waals surface area (Å²) in [7, 11) is 0. The zero-order chi connectivity index (χ0) is 11.7. The van der Waals surface area contributed by atoms with Crippen molar-refractivity contribution in [1.29, 1.82) is 0 Å². The fourth-order valence-corrected chi connectivity index (χ4v) is 1.40. The van der Waals surface area contributed by atoms with Crippen LogP contribution in [0.4, 0.5) is 5.82 Å². The first-order valence-corrected chi connectivity index (χ1v) is 4.36. The van der Waals surface area contributed by atoms with Gasteiger partial charge in [-0.1, -0.05) is 0 Å². The van der Waals surface area contributed by atoms with Gasteiger partial charge in [0.2, 0.25) is 5.82 Å². The van der Waals surface area contributed by atoms with Crippen molar-refractivity contribution < 1.29 is 15.0 Å². The summed E-state index contributed by atoms with van der Waals surface area (Å²) in [6.07, 6.45) is 1.44. The van der Waals surface area contributed by atoms with Crippen molar-refractivity contribution in [3.8, 4) is 0 Å². The number of aromatic nitrogens is 2. The number of carboxylic acid groups (broad SMARTS) is 1. The van der Waals surface area contributed by atoms with Crippen molar-refractivity contribution in [2.75, 3.05) is 0 Å². The second kappa shape index (κ2) is 3.70. The lowest BCUT2D eigenvalue weighted by atomic mass is 10.3. The molecule has 82 valence electrons. The third kappa shape index (κ3) is 1.43. The van der Waals surface area contributed by atoms with Crippen LogP contribution in [-0.4, -0.2) is 25.6 Å². The van der Waals surface area contributed by atoms with Gasteiger partial charge in [-0.3, -0.25) is 4.40 Å². The first-order valence-electron chi connectivity index (χ1n) is 4.36. The second-order valence-corrected chi connectivity index (χ2v) is 3.10. The molecule has 2 aromatic heterocycles. The van der Waals surface area contributed by atoms with Crippen molar-refractivity contribution in [1.82, 2.24) is 9.38 Å². The van der Waals surface area contributed by atoms with Gasteiger partial charge < -0.3 is 10.2 Å². The first-order chi connectivity index (χ1) is 7.67. The van der Waals surface area contributed by atoms with E-state index in [0.29, 0.717) is 5.56 Å². The Labute approximate surface area is 88.9 Å². The van der Waals surface area contributed by atoms with Crippen molar-refractivity contribution in [3.63, 3.8) is 0 Å². The number of fused-ring (bicyclic) bond motifs is 1. The highest BCUT2D eigenvalue weighted by molar-refractivity contribution is 5.91. The molecule has 7 nitrogen and oxygen atoms in total. The zero-order valence-electron chi connectivity index (χ0n) is 7.99. The zero-order valence-corrected chi connectivity index (χ0v) is 7.99. The number of hydrogen-bond donors (Lipinski definition) is 2. The molecule has 7 heteroatoms. The van der Waals surface area contributed by atoms with Crippen LogP contribution in [0.3, 0.4) is 0 Å². The van der Waals surface area contributed by atoms with Crippen LogP contribution in [0.5, 0.6) is 0 Å². The Morgan fingerprint density at radius 3 is 2.88 bits per heavy atom. The van der Waals surface area contributed by atoms with Crippen LogP contribution < -0.4 is 0 Å². The minimum atomic E-state index is -1.32. The van der Waals surface area contributed by atoms with Crippen molar-refractivity contribution in [2.45, 2.75) is 6.61 Å². The highest BCUT2D eigenvalue weighted by Crippen LogP contribution is 2.21. The third-order valence-electron chi connectivity index (χ3n) is 2.14. The Bertz CT molecular complexity index is 575. The Balaban J connectivity index is 2.76. The Kier molecular flexibility index (Phi) is 2.37. The van der Waals surface area contributed by atoms with Crippen LogP contribution in [0.2, 0.25) is 0 Å². The fourth-order valence-electron chi connectivity index (χ4n) is 1.40. The smallest absolute Gasteiger partial charge is 0.358 e. The van der Waals surface area contributed by atoms with Gasteiger partial charge in [0.1, 0.15) is 5.65 Å². The summed E-state index contributed by atoms with van der Waals surface area (Å²) in [5, 5.41) is 20.3. The van der Waals surface area contributed by atoms with Crippen LogP contribution in [0.1, 0.15) is 16.1 Å². The van der Waals surface area contributed by atoms with Crippen LogP contribution in [0.25, 0.3) is 5.65 Å². The number of carbonyl (C=O) groups is 1. The van der Waals surface area contributed by atoms with E-state index < -0.39 is 11.7 Å². The molecule has 0 atom stereocenters. The van der Waals surface area contributed by atoms with Gasteiger partial charge in [-0.25, -0.2) is 9.78 Å². The molecule has 0 aliphatic heterocycles. The monoisotopic (exact) mass is 221 g/mol. The summed E-state index contributed by atoms with van der Waals surface area (Å²) in [6, 6.07) is 3.04. The maximum Gasteiger partial charge on any atom is 0.358 e. The predicted octanol–water partition coefficient (Wildman–Crippen LogP) is 0.923. The minimum absolute atomic E-state index is 0.185. The molecule has 0 spiro atoms. The molecule has 2 rings (SSSR count). The number of nitrogens with zero attached hydrogens (tertiary/aromatic N) is 3. The lowest BCUT2D eigenvalue weighted by Gasteiger charge is -1.97. The minimum Gasteiger partial charge on any atom is -0.476 e. The molecule has 0 unspecified atom stereocenters. The lowest BCUT2D eigenvalue weighted by molar-refractivity contribution is 0.0692. The molecular weight excluding hydrogens is 214 g/mol. The maximum absolute atomic E-state index is 10.8. The molecule has 0 radical (unpaired) electrons. The fraction of sp³-hybridized carbons (Fsp3) is 0.111. The van der Waals surface area contributed by atoms with Gasteiger partial charge in [0.25, 0.3) is 0 Å². The van der Waals surface area contributed by atoms with Crippen LogP contribution in [-0.2, 0) is 6.61 Å². The number of carboxylic acids is 1. The number of hydrogen-bond acceptors (Lipinski definition) is 5. The molecule has 0 fully saturated rings. The number of nitroso groups, excluding NO2 is 1. The molecule has 0 aliphatic carbocycles. The van der Waals surface area contributed by atoms with Gasteiger partial charge in [-0.15, -0.1) is 4.91 Å². The van der Waals surface area contributed by atoms with E-state index in [1.54, 1.807) is 6.07 Å². The topological polar surface area (TPSA) is 104 Å². The summed E-state index contributed by atoms with van der Waals surface area (Å²) in [5.74, 6) is -1.57. The predicted molar refractivity (Wildman–Crippen MR) is 53.5 cm³/mol. The van der Waals surface area contributed by atoms with E-state index in [1.807, 2.05) is 0 Å². The molecule has 0 bridgehead atoms. The average Bonchev–Trinajstić information content (AvgIpc) is 2.66. The van der Waals surface area contributed by atoms with Crippen LogP contribution in [0.15, 0.2) is 23.5 Å². The van der Waals surface area contributed by atoms with E-state index in [-0.39, 0.29) is 18.1 Å². The largest absolute Gasteiger partial charge is 0.476 e. The third-order valence-corrected chi connectivity index (χ3v) is 2.14. The molecule has 0 saturated carbocycles. The van der Waals surface area contributed by atoms with Gasteiger partial charge in [-0.2, -0.15) is 0 Å². The van der Waals surface area contributed by atoms with E-state index in [2.05, 4.69) is 10.2 Å². The molecular formula is C9H7N3O4. The molecule has 2 N–H and O–H groups in total. The van der Waals surface area contributed by atoms with E-state index in [0.717, 1.165) is 0 Å². The summed E-state index contributed by atoms with van der Waals surface area (Å²) < 4.78 is 1.26. The highest BCUT2D eigenvalue weighted by Gasteiger charge is 2.18. The van der Waals surface area contributed by atoms with E-state index in [1.165, 1.54) is 16.7 Å².